The fourth-order valence-corrected chi connectivity index (χ4v) is 2.43. The van der Waals surface area contributed by atoms with Crippen LogP contribution in [0.4, 0.5) is 0 Å². The van der Waals surface area contributed by atoms with Gasteiger partial charge in [-0.25, -0.2) is 9.50 Å². The van der Waals surface area contributed by atoms with Gasteiger partial charge in [-0.15, -0.1) is 0 Å². The van der Waals surface area contributed by atoms with Crippen LogP contribution in [0, 0.1) is 3.57 Å². The Bertz CT molecular complexity index is 398. The van der Waals surface area contributed by atoms with Gasteiger partial charge >= 0.3 is 0 Å². The topological polar surface area (TPSA) is 30.2 Å². The molecule has 0 aliphatic rings. The van der Waals surface area contributed by atoms with Crippen molar-refractivity contribution in [2.75, 3.05) is 0 Å². The number of halogens is 2. The van der Waals surface area contributed by atoms with E-state index < -0.39 is 0 Å². The zero-order valence-corrected chi connectivity index (χ0v) is 9.07. The Morgan fingerprint density at radius 3 is 3.18 bits per heavy atom. The fraction of sp³-hybridized carbons (Fsp3) is 0. The third kappa shape index (κ3) is 1.26. The highest BCUT2D eigenvalue weighted by molar-refractivity contribution is 14.1. The number of hydrogen-bond acceptors (Lipinski definition) is 2. The molecule has 0 aliphatic heterocycles. The maximum Gasteiger partial charge on any atom is 0.168 e. The third-order valence-electron chi connectivity index (χ3n) is 1.30. The molecule has 2 aromatic rings. The van der Waals surface area contributed by atoms with Gasteiger partial charge in [0.05, 0.1) is 3.57 Å². The number of nitrogens with zero attached hydrogens (tertiary/aromatic N) is 3. The predicted molar refractivity (Wildman–Crippen MR) is 53.4 cm³/mol. The van der Waals surface area contributed by atoms with Crippen molar-refractivity contribution in [2.45, 2.75) is 0 Å². The van der Waals surface area contributed by atoms with Crippen LogP contribution < -0.4 is 0 Å². The van der Waals surface area contributed by atoms with Crippen molar-refractivity contribution in [3.05, 3.63) is 26.6 Å². The Hall–Kier alpha value is -0.170. The van der Waals surface area contributed by atoms with Crippen molar-refractivity contribution in [2.24, 2.45) is 0 Å². The van der Waals surface area contributed by atoms with E-state index in [9.17, 15) is 0 Å². The van der Waals surface area contributed by atoms with Gasteiger partial charge in [0.15, 0.2) is 5.65 Å². The van der Waals surface area contributed by atoms with E-state index in [0.717, 1.165) is 13.7 Å². The zero-order chi connectivity index (χ0) is 7.84. The molecular formula is C6H3BrIN3. The lowest BCUT2D eigenvalue weighted by Gasteiger charge is -1.94. The van der Waals surface area contributed by atoms with Crippen LogP contribution in [0.5, 0.6) is 0 Å². The summed E-state index contributed by atoms with van der Waals surface area (Å²) in [7, 11) is 0. The van der Waals surface area contributed by atoms with Gasteiger partial charge in [0, 0.05) is 10.7 Å². The third-order valence-corrected chi connectivity index (χ3v) is 2.52. The van der Waals surface area contributed by atoms with E-state index in [1.54, 1.807) is 10.8 Å². The molecule has 0 N–H and O–H groups in total. The second-order valence-electron chi connectivity index (χ2n) is 2.03. The van der Waals surface area contributed by atoms with Crippen molar-refractivity contribution in [3.63, 3.8) is 0 Å². The van der Waals surface area contributed by atoms with E-state index in [0.29, 0.717) is 0 Å². The summed E-state index contributed by atoms with van der Waals surface area (Å²) in [4.78, 5) is 4.08. The van der Waals surface area contributed by atoms with E-state index >= 15 is 0 Å². The first-order valence-corrected chi connectivity index (χ1v) is 4.79. The van der Waals surface area contributed by atoms with Crippen molar-refractivity contribution in [1.82, 2.24) is 14.6 Å². The normalized spacial score (nSPS) is 10.7. The lowest BCUT2D eigenvalue weighted by atomic mass is 10.5. The minimum atomic E-state index is 0.897. The second kappa shape index (κ2) is 2.71. The van der Waals surface area contributed by atoms with Crippen molar-refractivity contribution in [1.29, 1.82) is 0 Å². The summed E-state index contributed by atoms with van der Waals surface area (Å²) in [6.07, 6.45) is 3.43. The van der Waals surface area contributed by atoms with Crippen LogP contribution in [0.25, 0.3) is 5.65 Å². The summed E-state index contributed by atoms with van der Waals surface area (Å²) >= 11 is 5.60. The Morgan fingerprint density at radius 1 is 1.55 bits per heavy atom. The summed E-state index contributed by atoms with van der Waals surface area (Å²) in [5.74, 6) is 0. The predicted octanol–water partition coefficient (Wildman–Crippen LogP) is 2.10. The molecule has 0 atom stereocenters. The number of fused-ring (bicyclic) bond motifs is 1. The second-order valence-corrected chi connectivity index (χ2v) is 4.11. The molecule has 56 valence electrons. The minimum Gasteiger partial charge on any atom is -0.219 e. The molecule has 0 saturated heterocycles. The van der Waals surface area contributed by atoms with Crippen LogP contribution in [0.3, 0.4) is 0 Å². The Morgan fingerprint density at radius 2 is 2.36 bits per heavy atom. The molecule has 0 radical (unpaired) electrons. The first-order valence-electron chi connectivity index (χ1n) is 2.92. The van der Waals surface area contributed by atoms with Crippen molar-refractivity contribution < 1.29 is 0 Å². The van der Waals surface area contributed by atoms with E-state index in [1.165, 1.54) is 0 Å². The monoisotopic (exact) mass is 323 g/mol. The fourth-order valence-electron chi connectivity index (χ4n) is 0.855. The highest BCUT2D eigenvalue weighted by Gasteiger charge is 2.00. The van der Waals surface area contributed by atoms with Crippen LogP contribution >= 0.6 is 38.5 Å². The molecule has 2 rings (SSSR count). The van der Waals surface area contributed by atoms with Crippen LogP contribution in [-0.4, -0.2) is 14.6 Å². The summed E-state index contributed by atoms with van der Waals surface area (Å²) < 4.78 is 3.85. The Kier molecular flexibility index (Phi) is 1.84. The standard InChI is InChI=1S/C6H3BrIN3/c7-4-1-5(8)6-9-3-10-11(6)2-4/h1-3H. The van der Waals surface area contributed by atoms with Crippen molar-refractivity contribution >= 4 is 44.2 Å². The van der Waals surface area contributed by atoms with Gasteiger partial charge in [-0.2, -0.15) is 5.10 Å². The first-order chi connectivity index (χ1) is 5.27. The van der Waals surface area contributed by atoms with Crippen LogP contribution in [0.2, 0.25) is 0 Å². The molecule has 2 aromatic heterocycles. The molecule has 11 heavy (non-hydrogen) atoms. The van der Waals surface area contributed by atoms with Gasteiger partial charge in [0.25, 0.3) is 0 Å². The maximum absolute atomic E-state index is 4.08. The molecule has 2 heterocycles. The molecule has 0 saturated carbocycles. The lowest BCUT2D eigenvalue weighted by molar-refractivity contribution is 0.953. The number of pyridine rings is 1. The molecule has 0 unspecified atom stereocenters. The van der Waals surface area contributed by atoms with E-state index in [2.05, 4.69) is 48.6 Å². The summed E-state index contributed by atoms with van der Waals surface area (Å²) in [5.41, 5.74) is 0.897. The molecule has 0 fully saturated rings. The molecule has 0 amide bonds. The molecule has 0 bridgehead atoms. The van der Waals surface area contributed by atoms with Gasteiger partial charge in [0.1, 0.15) is 6.33 Å². The Labute approximate surface area is 85.1 Å². The highest BCUT2D eigenvalue weighted by atomic mass is 127. The quantitative estimate of drug-likeness (QED) is 0.695. The smallest absolute Gasteiger partial charge is 0.168 e. The van der Waals surface area contributed by atoms with E-state index in [4.69, 9.17) is 0 Å². The average molecular weight is 324 g/mol. The van der Waals surface area contributed by atoms with Gasteiger partial charge in [-0.1, -0.05) is 0 Å². The van der Waals surface area contributed by atoms with E-state index in [1.807, 2.05) is 12.3 Å². The lowest BCUT2D eigenvalue weighted by Crippen LogP contribution is -1.88. The molecule has 0 aliphatic carbocycles. The van der Waals surface area contributed by atoms with Gasteiger partial charge in [-0.05, 0) is 44.6 Å². The average Bonchev–Trinajstić information content (AvgIpc) is 2.34. The van der Waals surface area contributed by atoms with Gasteiger partial charge < -0.3 is 0 Å². The van der Waals surface area contributed by atoms with Gasteiger partial charge in [-0.3, -0.25) is 0 Å². The highest BCUT2D eigenvalue weighted by Crippen LogP contribution is 2.16. The minimum absolute atomic E-state index is 0.897. The number of rotatable bonds is 0. The van der Waals surface area contributed by atoms with Crippen LogP contribution in [0.1, 0.15) is 0 Å². The molecule has 5 heteroatoms. The zero-order valence-electron chi connectivity index (χ0n) is 5.33. The summed E-state index contributed by atoms with van der Waals surface area (Å²) in [6, 6.07) is 2.00. The largest absolute Gasteiger partial charge is 0.219 e. The molecule has 0 spiro atoms. The maximum atomic E-state index is 4.08. The first kappa shape index (κ1) is 7.48. The molecular weight excluding hydrogens is 321 g/mol. The van der Waals surface area contributed by atoms with Crippen molar-refractivity contribution in [3.8, 4) is 0 Å². The molecule has 3 nitrogen and oxygen atoms in total. The van der Waals surface area contributed by atoms with E-state index in [-0.39, 0.29) is 0 Å². The van der Waals surface area contributed by atoms with Gasteiger partial charge in [0.2, 0.25) is 0 Å². The molecule has 0 aromatic carbocycles. The SMILES string of the molecule is Brc1cc(I)c2ncnn2c1. The van der Waals surface area contributed by atoms with Crippen LogP contribution in [0.15, 0.2) is 23.1 Å². The number of hydrogen-bond donors (Lipinski definition) is 0. The summed E-state index contributed by atoms with van der Waals surface area (Å²) in [5, 5.41) is 4.01. The van der Waals surface area contributed by atoms with Crippen LogP contribution in [-0.2, 0) is 0 Å². The summed E-state index contributed by atoms with van der Waals surface area (Å²) in [6.45, 7) is 0. The Balaban J connectivity index is 2.91. The number of aromatic nitrogens is 3.